The Kier molecular flexibility index (Phi) is 7.80. The summed E-state index contributed by atoms with van der Waals surface area (Å²) in [6, 6.07) is 7.07. The van der Waals surface area contributed by atoms with Crippen LogP contribution in [0.4, 0.5) is 0 Å². The minimum Gasteiger partial charge on any atom is -0.211 e. The van der Waals surface area contributed by atoms with E-state index in [-0.39, 0.29) is 25.1 Å². The summed E-state index contributed by atoms with van der Waals surface area (Å²) in [4.78, 5) is 1.23. The highest BCUT2D eigenvalue weighted by atomic mass is 35.5. The Balaban J connectivity index is 2.33. The van der Waals surface area contributed by atoms with E-state index in [1.807, 2.05) is 0 Å². The lowest BCUT2D eigenvalue weighted by molar-refractivity contribution is 0.701. The normalized spacial score (nSPS) is 10.7. The van der Waals surface area contributed by atoms with Crippen molar-refractivity contribution in [1.29, 1.82) is 0 Å². The summed E-state index contributed by atoms with van der Waals surface area (Å²) in [7, 11) is 0. The number of rotatable bonds is 2. The van der Waals surface area contributed by atoms with Crippen molar-refractivity contribution in [2.45, 2.75) is 9.79 Å². The Morgan fingerprint density at radius 1 is 0.696 bits per heavy atom. The van der Waals surface area contributed by atoms with Gasteiger partial charge in [-0.2, -0.15) is 0 Å². The van der Waals surface area contributed by atoms with Crippen molar-refractivity contribution < 1.29 is 4.21 Å². The molecule has 0 saturated heterocycles. The van der Waals surface area contributed by atoms with Crippen LogP contribution in [0.3, 0.4) is 0 Å². The number of benzene rings is 2. The second-order valence-corrected chi connectivity index (χ2v) is 9.67. The van der Waals surface area contributed by atoms with Crippen molar-refractivity contribution in [3.05, 3.63) is 54.4 Å². The van der Waals surface area contributed by atoms with Crippen molar-refractivity contribution in [3.63, 3.8) is 0 Å². The third-order valence-corrected chi connectivity index (χ3v) is 8.19. The number of thioether (sulfide) groups is 2. The molecule has 0 fully saturated rings. The van der Waals surface area contributed by atoms with Gasteiger partial charge in [-0.15, -0.1) is 0 Å². The number of hydrogen-bond donors (Lipinski definition) is 0. The molecule has 0 amide bonds. The van der Waals surface area contributed by atoms with Crippen LogP contribution in [0.1, 0.15) is 0 Å². The van der Waals surface area contributed by atoms with E-state index >= 15 is 0 Å². The van der Waals surface area contributed by atoms with Crippen molar-refractivity contribution in [3.8, 4) is 0 Å². The predicted molar refractivity (Wildman–Crippen MR) is 108 cm³/mol. The summed E-state index contributed by atoms with van der Waals surface area (Å²) in [5, 5.41) is 1.18. The lowest BCUT2D eigenvalue weighted by Gasteiger charge is -2.12. The minimum absolute atomic E-state index is 0.0781. The van der Waals surface area contributed by atoms with E-state index in [0.29, 0.717) is 24.7 Å². The molecule has 2 aromatic rings. The molecule has 0 atom stereocenters. The standard InChI is InChI=1S/C13H4Cl6OS3/c14-5-1-3-6(4-2-5)21-13(23-20)22-12-10(18)8(16)7(15)9(17)11(12)19/h1-4H. The van der Waals surface area contributed by atoms with Crippen molar-refractivity contribution >= 4 is 108 Å². The van der Waals surface area contributed by atoms with E-state index in [1.54, 1.807) is 24.3 Å². The fourth-order valence-electron chi connectivity index (χ4n) is 1.41. The smallest absolute Gasteiger partial charge is 0.144 e. The van der Waals surface area contributed by atoms with Gasteiger partial charge in [0, 0.05) is 9.92 Å². The van der Waals surface area contributed by atoms with Crippen LogP contribution >= 0.6 is 93.1 Å². The van der Waals surface area contributed by atoms with Crippen LogP contribution in [0.25, 0.3) is 0 Å². The Bertz CT molecular complexity index is 773. The lowest BCUT2D eigenvalue weighted by Crippen LogP contribution is -1.90. The van der Waals surface area contributed by atoms with Crippen LogP contribution in [0, 0.1) is 0 Å². The van der Waals surface area contributed by atoms with E-state index in [1.165, 1.54) is 11.8 Å². The van der Waals surface area contributed by atoms with E-state index in [2.05, 4.69) is 0 Å². The molecular weight excluding hydrogens is 481 g/mol. The third-order valence-electron chi connectivity index (χ3n) is 2.44. The van der Waals surface area contributed by atoms with Gasteiger partial charge in [-0.3, -0.25) is 0 Å². The SMILES string of the molecule is O=S=C(Sc1ccc(Cl)cc1)Sc1c(Cl)c(Cl)c(Cl)c(Cl)c1Cl. The Hall–Kier alpha value is 0.770. The maximum atomic E-state index is 11.4. The third kappa shape index (κ3) is 4.90. The van der Waals surface area contributed by atoms with Gasteiger partial charge in [-0.1, -0.05) is 93.1 Å². The number of halogens is 6. The molecule has 10 heteroatoms. The van der Waals surface area contributed by atoms with Crippen molar-refractivity contribution in [2.24, 2.45) is 0 Å². The fourth-order valence-corrected chi connectivity index (χ4v) is 5.55. The van der Waals surface area contributed by atoms with Gasteiger partial charge in [0.2, 0.25) is 0 Å². The minimum atomic E-state index is 0.0781. The van der Waals surface area contributed by atoms with Gasteiger partial charge in [0.05, 0.1) is 30.0 Å². The molecule has 0 radical (unpaired) electrons. The number of hydrogen-bond acceptors (Lipinski definition) is 3. The van der Waals surface area contributed by atoms with Gasteiger partial charge in [-0.25, -0.2) is 4.21 Å². The van der Waals surface area contributed by atoms with Crippen LogP contribution in [0.5, 0.6) is 0 Å². The highest BCUT2D eigenvalue weighted by molar-refractivity contribution is 8.45. The van der Waals surface area contributed by atoms with Gasteiger partial charge >= 0.3 is 0 Å². The lowest BCUT2D eigenvalue weighted by atomic mass is 10.3. The topological polar surface area (TPSA) is 17.1 Å². The zero-order chi connectivity index (χ0) is 17.1. The van der Waals surface area contributed by atoms with Gasteiger partial charge in [0.1, 0.15) is 14.8 Å². The average molecular weight is 485 g/mol. The molecule has 0 aliphatic heterocycles. The molecule has 1 nitrogen and oxygen atoms in total. The monoisotopic (exact) mass is 482 g/mol. The first-order valence-electron chi connectivity index (χ1n) is 5.64. The highest BCUT2D eigenvalue weighted by Crippen LogP contribution is 2.49. The molecule has 0 spiro atoms. The summed E-state index contributed by atoms with van der Waals surface area (Å²) in [6.45, 7) is 0. The van der Waals surface area contributed by atoms with Crippen LogP contribution < -0.4 is 0 Å². The van der Waals surface area contributed by atoms with Crippen LogP contribution in [0.15, 0.2) is 34.1 Å². The molecule has 122 valence electrons. The average Bonchev–Trinajstić information content (AvgIpc) is 2.56. The molecule has 0 aliphatic carbocycles. The second-order valence-electron chi connectivity index (χ2n) is 3.89. The van der Waals surface area contributed by atoms with Crippen LogP contribution in [0.2, 0.25) is 30.1 Å². The molecule has 0 N–H and O–H groups in total. The fraction of sp³-hybridized carbons (Fsp3) is 0. The maximum Gasteiger partial charge on any atom is 0.144 e. The highest BCUT2D eigenvalue weighted by Gasteiger charge is 2.21. The van der Waals surface area contributed by atoms with Crippen LogP contribution in [-0.4, -0.2) is 7.74 Å². The molecule has 0 unspecified atom stereocenters. The summed E-state index contributed by atoms with van der Waals surface area (Å²) >= 11 is 38.8. The van der Waals surface area contributed by atoms with Crippen molar-refractivity contribution in [2.75, 3.05) is 0 Å². The zero-order valence-electron chi connectivity index (χ0n) is 10.7. The van der Waals surface area contributed by atoms with Crippen LogP contribution in [-0.2, 0) is 11.3 Å². The molecule has 0 bridgehead atoms. The van der Waals surface area contributed by atoms with E-state index in [9.17, 15) is 4.21 Å². The molecular formula is C13H4Cl6OS3. The summed E-state index contributed by atoms with van der Waals surface area (Å²) in [6.07, 6.45) is 0. The quantitative estimate of drug-likeness (QED) is 0.187. The Morgan fingerprint density at radius 2 is 1.17 bits per heavy atom. The summed E-state index contributed by atoms with van der Waals surface area (Å²) in [5.74, 6) is 0. The molecule has 0 heterocycles. The predicted octanol–water partition coefficient (Wildman–Crippen LogP) is 7.79. The molecule has 2 aromatic carbocycles. The first-order valence-corrected chi connectivity index (χ1v) is 10.3. The molecule has 23 heavy (non-hydrogen) atoms. The zero-order valence-corrected chi connectivity index (χ0v) is 17.7. The maximum absolute atomic E-state index is 11.4. The molecule has 2 rings (SSSR count). The van der Waals surface area contributed by atoms with Crippen molar-refractivity contribution in [1.82, 2.24) is 0 Å². The van der Waals surface area contributed by atoms with Gasteiger partial charge in [-0.05, 0) is 24.3 Å². The Labute approximate surface area is 175 Å². The second kappa shape index (κ2) is 8.93. The van der Waals surface area contributed by atoms with E-state index < -0.39 is 0 Å². The summed E-state index contributed by atoms with van der Waals surface area (Å²) in [5.41, 5.74) is 0. The molecule has 0 saturated carbocycles. The van der Waals surface area contributed by atoms with E-state index in [0.717, 1.165) is 16.7 Å². The first kappa shape index (κ1) is 20.1. The first-order chi connectivity index (χ1) is 10.8. The van der Waals surface area contributed by atoms with Gasteiger partial charge < -0.3 is 0 Å². The molecule has 0 aliphatic rings. The van der Waals surface area contributed by atoms with E-state index in [4.69, 9.17) is 69.6 Å². The molecule has 0 aromatic heterocycles. The Morgan fingerprint density at radius 3 is 1.65 bits per heavy atom. The summed E-state index contributed by atoms with van der Waals surface area (Å²) < 4.78 is 11.8. The largest absolute Gasteiger partial charge is 0.211 e. The van der Waals surface area contributed by atoms with Gasteiger partial charge in [0.25, 0.3) is 0 Å². The van der Waals surface area contributed by atoms with Gasteiger partial charge in [0.15, 0.2) is 0 Å².